The summed E-state index contributed by atoms with van der Waals surface area (Å²) in [6.45, 7) is 3.96. The Hall–Kier alpha value is -3.26. The molecule has 4 rings (SSSR count). The van der Waals surface area contributed by atoms with Crippen molar-refractivity contribution in [3.63, 3.8) is 0 Å². The van der Waals surface area contributed by atoms with Gasteiger partial charge in [0, 0.05) is 12.7 Å². The van der Waals surface area contributed by atoms with Gasteiger partial charge in [-0.3, -0.25) is 14.6 Å². The van der Waals surface area contributed by atoms with Gasteiger partial charge in [-0.1, -0.05) is 24.3 Å². The van der Waals surface area contributed by atoms with Gasteiger partial charge >= 0.3 is 0 Å². The third kappa shape index (κ3) is 2.65. The Morgan fingerprint density at radius 2 is 1.82 bits per heavy atom. The summed E-state index contributed by atoms with van der Waals surface area (Å²) >= 11 is 0. The van der Waals surface area contributed by atoms with E-state index in [-0.39, 0.29) is 26.2 Å². The van der Waals surface area contributed by atoms with Crippen molar-refractivity contribution in [1.29, 1.82) is 5.41 Å². The van der Waals surface area contributed by atoms with Crippen molar-refractivity contribution in [2.24, 2.45) is 0 Å². The summed E-state index contributed by atoms with van der Waals surface area (Å²) in [6.07, 6.45) is 1.67. The van der Waals surface area contributed by atoms with Gasteiger partial charge < -0.3 is 4.57 Å². The molecule has 0 fully saturated rings. The highest BCUT2D eigenvalue weighted by Gasteiger charge is 2.23. The van der Waals surface area contributed by atoms with Gasteiger partial charge in [0.25, 0.3) is 5.56 Å². The first kappa shape index (κ1) is 18.1. The van der Waals surface area contributed by atoms with Crippen molar-refractivity contribution in [1.82, 2.24) is 14.0 Å². The summed E-state index contributed by atoms with van der Waals surface area (Å²) in [7, 11) is -3.96. The highest BCUT2D eigenvalue weighted by molar-refractivity contribution is 7.91. The van der Waals surface area contributed by atoms with Crippen LogP contribution in [0.2, 0.25) is 0 Å². The number of nitrogens with zero attached hydrogens (tertiary/aromatic N) is 3. The molecule has 0 saturated heterocycles. The van der Waals surface area contributed by atoms with Gasteiger partial charge in [-0.25, -0.2) is 13.4 Å². The summed E-state index contributed by atoms with van der Waals surface area (Å²) in [5.41, 5.74) is 1.07. The zero-order valence-electron chi connectivity index (χ0n) is 15.4. The van der Waals surface area contributed by atoms with Crippen molar-refractivity contribution >= 4 is 26.5 Å². The van der Waals surface area contributed by atoms with E-state index in [0.717, 1.165) is 5.56 Å². The highest BCUT2D eigenvalue weighted by atomic mass is 32.2. The minimum Gasteiger partial charge on any atom is -0.310 e. The Kier molecular flexibility index (Phi) is 4.15. The van der Waals surface area contributed by atoms with Crippen molar-refractivity contribution in [3.05, 3.63) is 76.1 Å². The van der Waals surface area contributed by atoms with E-state index < -0.39 is 9.84 Å². The van der Waals surface area contributed by atoms with Crippen LogP contribution in [-0.4, -0.2) is 22.4 Å². The smallest absolute Gasteiger partial charge is 0.267 e. The first-order valence-corrected chi connectivity index (χ1v) is 10.2. The van der Waals surface area contributed by atoms with Crippen LogP contribution in [0.1, 0.15) is 12.5 Å². The lowest BCUT2D eigenvalue weighted by Crippen LogP contribution is -2.29. The van der Waals surface area contributed by atoms with E-state index >= 15 is 0 Å². The monoisotopic (exact) mass is 394 g/mol. The van der Waals surface area contributed by atoms with Crippen LogP contribution in [0.4, 0.5) is 0 Å². The normalized spacial score (nSPS) is 11.9. The summed E-state index contributed by atoms with van der Waals surface area (Å²) in [5.74, 6) is 0. The fraction of sp³-hybridized carbons (Fsp3) is 0.150. The molecule has 0 saturated carbocycles. The van der Waals surface area contributed by atoms with Crippen molar-refractivity contribution < 1.29 is 8.42 Å². The largest absolute Gasteiger partial charge is 0.310 e. The molecule has 0 atom stereocenters. The number of benzene rings is 1. The van der Waals surface area contributed by atoms with Gasteiger partial charge in [0.1, 0.15) is 21.7 Å². The molecule has 3 aromatic heterocycles. The molecule has 4 aromatic rings. The number of nitrogens with one attached hydrogen (secondary N) is 1. The minimum absolute atomic E-state index is 0.0789. The predicted molar refractivity (Wildman–Crippen MR) is 105 cm³/mol. The van der Waals surface area contributed by atoms with Gasteiger partial charge in [0.15, 0.2) is 0 Å². The zero-order chi connectivity index (χ0) is 20.1. The first-order chi connectivity index (χ1) is 13.3. The van der Waals surface area contributed by atoms with Crippen LogP contribution in [0.3, 0.4) is 0 Å². The first-order valence-electron chi connectivity index (χ1n) is 8.76. The van der Waals surface area contributed by atoms with Crippen LogP contribution in [0.5, 0.6) is 0 Å². The molecular weight excluding hydrogens is 376 g/mol. The third-order valence-electron chi connectivity index (χ3n) is 4.68. The second-order valence-corrected chi connectivity index (χ2v) is 8.42. The van der Waals surface area contributed by atoms with Crippen LogP contribution in [0.15, 0.2) is 69.3 Å². The summed E-state index contributed by atoms with van der Waals surface area (Å²) < 4.78 is 29.1. The number of fused-ring (bicyclic) bond motifs is 2. The molecule has 28 heavy (non-hydrogen) atoms. The van der Waals surface area contributed by atoms with Gasteiger partial charge in [-0.15, -0.1) is 0 Å². The summed E-state index contributed by atoms with van der Waals surface area (Å²) in [5, 5.41) is 8.64. The second-order valence-electron chi connectivity index (χ2n) is 6.51. The lowest BCUT2D eigenvalue weighted by atomic mass is 10.2. The summed E-state index contributed by atoms with van der Waals surface area (Å²) in [4.78, 5) is 17.5. The van der Waals surface area contributed by atoms with E-state index in [0.29, 0.717) is 17.8 Å². The fourth-order valence-electron chi connectivity index (χ4n) is 3.26. The number of aryl methyl sites for hydroxylation is 2. The van der Waals surface area contributed by atoms with Gasteiger partial charge in [0.05, 0.1) is 10.3 Å². The zero-order valence-corrected chi connectivity index (χ0v) is 16.2. The maximum atomic E-state index is 13.1. The van der Waals surface area contributed by atoms with Crippen LogP contribution in [0, 0.1) is 12.3 Å². The molecule has 1 aromatic carbocycles. The Labute approximate surface area is 161 Å². The maximum absolute atomic E-state index is 13.1. The van der Waals surface area contributed by atoms with Crippen molar-refractivity contribution in [2.75, 3.05) is 0 Å². The fourth-order valence-corrected chi connectivity index (χ4v) is 4.66. The van der Waals surface area contributed by atoms with Gasteiger partial charge in [-0.05, 0) is 43.7 Å². The standard InChI is InChI=1S/C20H18N4O3S/c1-3-23-18(21)16(28(26,27)14-7-5-4-6-8-14)11-15-19(23)22-17-10-9-13(2)12-24(17)20(15)25/h4-12,21H,3H2,1-2H3. The predicted octanol–water partition coefficient (Wildman–Crippen LogP) is 2.29. The van der Waals surface area contributed by atoms with E-state index in [4.69, 9.17) is 5.41 Å². The molecule has 0 bridgehead atoms. The number of pyridine rings is 2. The molecule has 0 radical (unpaired) electrons. The second kappa shape index (κ2) is 6.42. The lowest BCUT2D eigenvalue weighted by molar-refractivity contribution is 0.590. The van der Waals surface area contributed by atoms with Gasteiger partial charge in [-0.2, -0.15) is 0 Å². The Morgan fingerprint density at radius 3 is 2.50 bits per heavy atom. The molecular formula is C20H18N4O3S. The molecule has 0 aliphatic rings. The van der Waals surface area contributed by atoms with E-state index in [1.807, 2.05) is 13.0 Å². The molecule has 0 unspecified atom stereocenters. The molecule has 8 heteroatoms. The number of hydrogen-bond acceptors (Lipinski definition) is 5. The van der Waals surface area contributed by atoms with Crippen LogP contribution < -0.4 is 11.0 Å². The molecule has 3 heterocycles. The van der Waals surface area contributed by atoms with Crippen molar-refractivity contribution in [3.8, 4) is 0 Å². The molecule has 1 N–H and O–H groups in total. The molecule has 7 nitrogen and oxygen atoms in total. The molecule has 0 spiro atoms. The van der Waals surface area contributed by atoms with E-state index in [9.17, 15) is 13.2 Å². The molecule has 142 valence electrons. The number of rotatable bonds is 3. The average molecular weight is 394 g/mol. The van der Waals surface area contributed by atoms with Crippen LogP contribution in [0.25, 0.3) is 16.7 Å². The number of sulfone groups is 1. The van der Waals surface area contributed by atoms with Crippen molar-refractivity contribution in [2.45, 2.75) is 30.2 Å². The Morgan fingerprint density at radius 1 is 1.11 bits per heavy atom. The van der Waals surface area contributed by atoms with E-state index in [1.54, 1.807) is 37.4 Å². The van der Waals surface area contributed by atoms with E-state index in [1.165, 1.54) is 27.2 Å². The topological polar surface area (TPSA) is 97.3 Å². The highest BCUT2D eigenvalue weighted by Crippen LogP contribution is 2.20. The Bertz CT molecular complexity index is 1450. The third-order valence-corrected chi connectivity index (χ3v) is 6.46. The number of aromatic nitrogens is 3. The quantitative estimate of drug-likeness (QED) is 0.539. The molecule has 0 amide bonds. The average Bonchev–Trinajstić information content (AvgIpc) is 2.69. The minimum atomic E-state index is -3.96. The van der Waals surface area contributed by atoms with E-state index in [2.05, 4.69) is 4.98 Å². The van der Waals surface area contributed by atoms with Crippen LogP contribution >= 0.6 is 0 Å². The molecule has 0 aliphatic carbocycles. The summed E-state index contributed by atoms with van der Waals surface area (Å²) in [6, 6.07) is 12.8. The number of hydrogen-bond donors (Lipinski definition) is 1. The Balaban J connectivity index is 2.17. The maximum Gasteiger partial charge on any atom is 0.267 e. The van der Waals surface area contributed by atoms with Gasteiger partial charge in [0.2, 0.25) is 9.84 Å². The lowest BCUT2D eigenvalue weighted by Gasteiger charge is -2.13. The van der Waals surface area contributed by atoms with Crippen LogP contribution in [-0.2, 0) is 16.4 Å². The molecule has 0 aliphatic heterocycles. The SMILES string of the molecule is CCn1c(=N)c(S(=O)(=O)c2ccccc2)cc2c(=O)n3cc(C)ccc3nc21.